The second-order valence-electron chi connectivity index (χ2n) is 6.26. The molecule has 0 aliphatic carbocycles. The van der Waals surface area contributed by atoms with Crippen LogP contribution in [-0.2, 0) is 0 Å². The highest BCUT2D eigenvalue weighted by molar-refractivity contribution is 9.10. The zero-order valence-electron chi connectivity index (χ0n) is 15.2. The quantitative estimate of drug-likeness (QED) is 0.758. The fourth-order valence-electron chi connectivity index (χ4n) is 3.49. The Morgan fingerprint density at radius 1 is 1.21 bits per heavy atom. The Balaban J connectivity index is 1.90. The molecular formula is C20H17BrN2O5. The second-order valence-corrected chi connectivity index (χ2v) is 7.12. The van der Waals surface area contributed by atoms with Crippen molar-refractivity contribution in [3.63, 3.8) is 0 Å². The first kappa shape index (κ1) is 18.4. The number of hydrogen-bond acceptors (Lipinski definition) is 7. The highest BCUT2D eigenvalue weighted by atomic mass is 79.9. The third-order valence-electron chi connectivity index (χ3n) is 4.71. The van der Waals surface area contributed by atoms with E-state index >= 15 is 0 Å². The molecule has 0 aromatic heterocycles. The van der Waals surface area contributed by atoms with Gasteiger partial charge in [0.25, 0.3) is 0 Å². The molecule has 8 heteroatoms. The normalized spacial score (nSPS) is 19.4. The van der Waals surface area contributed by atoms with Crippen molar-refractivity contribution in [3.05, 3.63) is 39.9 Å². The minimum absolute atomic E-state index is 0.108. The topological polar surface area (TPSA) is 93.8 Å². The number of methoxy groups -OCH3 is 1. The third kappa shape index (κ3) is 2.92. The highest BCUT2D eigenvalue weighted by Gasteiger charge is 2.39. The van der Waals surface area contributed by atoms with Crippen LogP contribution in [0, 0.1) is 22.7 Å². The molecule has 2 aromatic carbocycles. The van der Waals surface area contributed by atoms with Crippen molar-refractivity contribution in [1.29, 1.82) is 10.7 Å². The highest BCUT2D eigenvalue weighted by Crippen LogP contribution is 2.49. The van der Waals surface area contributed by atoms with Crippen molar-refractivity contribution in [2.75, 3.05) is 20.5 Å². The summed E-state index contributed by atoms with van der Waals surface area (Å²) in [7, 11) is 1.56. The lowest BCUT2D eigenvalue weighted by Gasteiger charge is -2.31. The fraction of sp³-hybridized carbons (Fsp3) is 0.300. The number of nitrogens with zero attached hydrogens (tertiary/aromatic N) is 1. The standard InChI is InChI=1S/C20H17BrN2O5/c1-3-25-19-13(21)4-10(5-17(19)24-2)18-11-6-15-16(27-9-26-15)7-14(11)28-20(23)12(18)8-22/h4-7,12,18,23H,3,9H2,1-2H3. The van der Waals surface area contributed by atoms with Gasteiger partial charge in [0.1, 0.15) is 11.7 Å². The maximum atomic E-state index is 9.75. The van der Waals surface area contributed by atoms with Gasteiger partial charge in [-0.05, 0) is 46.6 Å². The van der Waals surface area contributed by atoms with Crippen molar-refractivity contribution in [2.45, 2.75) is 12.8 Å². The zero-order valence-corrected chi connectivity index (χ0v) is 16.8. The molecule has 2 unspecified atom stereocenters. The summed E-state index contributed by atoms with van der Waals surface area (Å²) in [6.45, 7) is 2.51. The molecule has 2 aliphatic heterocycles. The molecule has 1 N–H and O–H groups in total. The predicted molar refractivity (Wildman–Crippen MR) is 104 cm³/mol. The van der Waals surface area contributed by atoms with Crippen LogP contribution >= 0.6 is 15.9 Å². The molecular weight excluding hydrogens is 428 g/mol. The lowest BCUT2D eigenvalue weighted by Crippen LogP contribution is -2.31. The molecule has 4 rings (SSSR count). The molecule has 0 bridgehead atoms. The summed E-state index contributed by atoms with van der Waals surface area (Å²) in [5.41, 5.74) is 1.55. The van der Waals surface area contributed by atoms with Gasteiger partial charge in [-0.2, -0.15) is 5.26 Å². The summed E-state index contributed by atoms with van der Waals surface area (Å²) in [6.07, 6.45) is 0. The van der Waals surface area contributed by atoms with Crippen LogP contribution in [0.1, 0.15) is 24.0 Å². The van der Waals surface area contributed by atoms with Gasteiger partial charge >= 0.3 is 0 Å². The SMILES string of the molecule is CCOc1c(Br)cc(C2c3cc4c(cc3OC(=N)C2C#N)OCO4)cc1OC. The van der Waals surface area contributed by atoms with E-state index in [9.17, 15) is 5.26 Å². The molecule has 144 valence electrons. The lowest BCUT2D eigenvalue weighted by atomic mass is 9.79. The summed E-state index contributed by atoms with van der Waals surface area (Å²) in [4.78, 5) is 0. The Bertz CT molecular complexity index is 1000. The Kier molecular flexibility index (Phi) is 4.77. The van der Waals surface area contributed by atoms with Gasteiger partial charge in [-0.25, -0.2) is 0 Å². The van der Waals surface area contributed by atoms with E-state index < -0.39 is 11.8 Å². The smallest absolute Gasteiger partial charge is 0.231 e. The molecule has 0 amide bonds. The number of nitrogens with one attached hydrogen (secondary N) is 1. The second kappa shape index (κ2) is 7.24. The molecule has 2 atom stereocenters. The van der Waals surface area contributed by atoms with Crippen LogP contribution in [0.25, 0.3) is 0 Å². The molecule has 2 aromatic rings. The summed E-state index contributed by atoms with van der Waals surface area (Å²) in [6, 6.07) is 9.43. The number of nitriles is 1. The molecule has 0 fully saturated rings. The van der Waals surface area contributed by atoms with Gasteiger partial charge in [0, 0.05) is 17.5 Å². The Morgan fingerprint density at radius 3 is 2.64 bits per heavy atom. The van der Waals surface area contributed by atoms with Crippen LogP contribution < -0.4 is 23.7 Å². The summed E-state index contributed by atoms with van der Waals surface area (Å²) < 4.78 is 28.4. The first-order valence-corrected chi connectivity index (χ1v) is 9.46. The monoisotopic (exact) mass is 444 g/mol. The average Bonchev–Trinajstić information content (AvgIpc) is 3.14. The predicted octanol–water partition coefficient (Wildman–Crippen LogP) is 4.23. The number of ether oxygens (including phenoxy) is 5. The summed E-state index contributed by atoms with van der Waals surface area (Å²) >= 11 is 3.54. The number of halogens is 1. The molecule has 0 saturated carbocycles. The van der Waals surface area contributed by atoms with Crippen LogP contribution in [0.15, 0.2) is 28.7 Å². The number of rotatable bonds is 4. The summed E-state index contributed by atoms with van der Waals surface area (Å²) in [5.74, 6) is 1.44. The van der Waals surface area contributed by atoms with Crippen LogP contribution in [0.2, 0.25) is 0 Å². The molecule has 2 heterocycles. The van der Waals surface area contributed by atoms with Crippen molar-refractivity contribution in [2.24, 2.45) is 5.92 Å². The van der Waals surface area contributed by atoms with Crippen molar-refractivity contribution in [1.82, 2.24) is 0 Å². The van der Waals surface area contributed by atoms with Crippen molar-refractivity contribution < 1.29 is 23.7 Å². The minimum Gasteiger partial charge on any atom is -0.493 e. The average molecular weight is 445 g/mol. The number of benzene rings is 2. The molecule has 28 heavy (non-hydrogen) atoms. The largest absolute Gasteiger partial charge is 0.493 e. The Labute approximate surface area is 170 Å². The fourth-order valence-corrected chi connectivity index (χ4v) is 4.07. The summed E-state index contributed by atoms with van der Waals surface area (Å²) in [5, 5.41) is 18.0. The number of fused-ring (bicyclic) bond motifs is 2. The molecule has 0 radical (unpaired) electrons. The maximum Gasteiger partial charge on any atom is 0.231 e. The van der Waals surface area contributed by atoms with E-state index in [0.717, 1.165) is 11.1 Å². The van der Waals surface area contributed by atoms with E-state index in [2.05, 4.69) is 22.0 Å². The Morgan fingerprint density at radius 2 is 1.96 bits per heavy atom. The minimum atomic E-state index is -0.789. The maximum absolute atomic E-state index is 9.75. The van der Waals surface area contributed by atoms with Crippen molar-refractivity contribution in [3.8, 4) is 34.8 Å². The van der Waals surface area contributed by atoms with Crippen LogP contribution in [0.3, 0.4) is 0 Å². The van der Waals surface area contributed by atoms with Gasteiger partial charge < -0.3 is 23.7 Å². The van der Waals surface area contributed by atoms with Gasteiger partial charge in [0.2, 0.25) is 12.7 Å². The van der Waals surface area contributed by atoms with Gasteiger partial charge in [-0.3, -0.25) is 5.41 Å². The van der Waals surface area contributed by atoms with E-state index in [1.54, 1.807) is 13.2 Å². The third-order valence-corrected chi connectivity index (χ3v) is 5.30. The molecule has 2 aliphatic rings. The van der Waals surface area contributed by atoms with Gasteiger partial charge in [0.05, 0.1) is 24.3 Å². The van der Waals surface area contributed by atoms with Gasteiger partial charge in [-0.1, -0.05) is 0 Å². The number of hydrogen-bond donors (Lipinski definition) is 1. The van der Waals surface area contributed by atoms with Gasteiger partial charge in [-0.15, -0.1) is 0 Å². The van der Waals surface area contributed by atoms with Crippen molar-refractivity contribution >= 4 is 21.8 Å². The molecule has 0 spiro atoms. The van der Waals surface area contributed by atoms with Gasteiger partial charge in [0.15, 0.2) is 23.0 Å². The first-order chi connectivity index (χ1) is 13.6. The molecule has 7 nitrogen and oxygen atoms in total. The van der Waals surface area contributed by atoms with E-state index in [4.69, 9.17) is 29.1 Å². The van der Waals surface area contributed by atoms with E-state index in [-0.39, 0.29) is 12.7 Å². The van der Waals surface area contributed by atoms with E-state index in [1.165, 1.54) is 0 Å². The van der Waals surface area contributed by atoms with Crippen LogP contribution in [0.4, 0.5) is 0 Å². The van der Waals surface area contributed by atoms with E-state index in [1.807, 2.05) is 25.1 Å². The Hall–Kier alpha value is -2.92. The molecule has 0 saturated heterocycles. The van der Waals surface area contributed by atoms with E-state index in [0.29, 0.717) is 39.8 Å². The van der Waals surface area contributed by atoms with Crippen LogP contribution in [0.5, 0.6) is 28.7 Å². The zero-order chi connectivity index (χ0) is 19.8. The lowest BCUT2D eigenvalue weighted by molar-refractivity contribution is 0.174. The first-order valence-electron chi connectivity index (χ1n) is 8.67. The van der Waals surface area contributed by atoms with Crippen LogP contribution in [-0.4, -0.2) is 26.4 Å².